The molecule has 4 aliphatic heterocycles. The number of rotatable bonds is 10. The molecule has 6 unspecified atom stereocenters. The molecule has 10 rings (SSSR count). The van der Waals surface area contributed by atoms with Gasteiger partial charge in [0.1, 0.15) is 23.0 Å². The molecule has 6 atom stereocenters. The van der Waals surface area contributed by atoms with E-state index in [-0.39, 0.29) is 29.8 Å². The van der Waals surface area contributed by atoms with Crippen LogP contribution < -0.4 is 19.5 Å². The fraction of sp³-hybridized carbons (Fsp3) is 0.458. The van der Waals surface area contributed by atoms with Gasteiger partial charge in [-0.25, -0.2) is 9.78 Å². The zero-order chi connectivity index (χ0) is 42.7. The van der Waals surface area contributed by atoms with Crippen molar-refractivity contribution in [2.75, 3.05) is 18.3 Å². The number of nitrogens with one attached hydrogen (secondary N) is 1. The molecule has 4 bridgehead atoms. The van der Waals surface area contributed by atoms with Gasteiger partial charge < -0.3 is 33.6 Å². The fourth-order valence-electron chi connectivity index (χ4n) is 10.9. The first-order chi connectivity index (χ1) is 28.5. The standard InChI is InChI=1S/C48H52ClN3O8/c1-25(2)13-12-20-46(8)21-19-29-39(58-46)28(17-16-26(3)4)41-35(40(29)57-34(53)24-49)37-36-38(52-32-15-11-10-14-31(32)50-44(52)51-37)30-23-33-45(6,7)60-47(42(30)54,48(33,36)59-41)22-18-27(5)43(55)56-9/h10-11,13-16,18-19,21,30,33,38H,12,17,20,22-24H2,1-9H3,(H,50,51)/b27-18-. The normalized spacial score (nSPS) is 28.4. The molecule has 3 saturated carbocycles. The predicted octanol–water partition coefficient (Wildman–Crippen LogP) is 9.38. The van der Waals surface area contributed by atoms with Gasteiger partial charge >= 0.3 is 11.9 Å². The number of Topliss-reactive ketones (excluding diaryl/α,β-unsaturated/α-hetero) is 1. The zero-order valence-corrected chi connectivity index (χ0v) is 36.5. The number of methoxy groups -OCH3 is 1. The van der Waals surface area contributed by atoms with E-state index in [1.807, 2.05) is 64.1 Å². The Hall–Kier alpha value is -5.13. The number of carbonyl (C=O) groups is 3. The first-order valence-electron chi connectivity index (χ1n) is 20.8. The molecule has 0 radical (unpaired) electrons. The number of hydrogen-bond acceptors (Lipinski definition) is 10. The Balaban J connectivity index is 1.39. The number of aromatic nitrogens is 2. The van der Waals surface area contributed by atoms with Crippen molar-refractivity contribution in [1.29, 1.82) is 0 Å². The molecule has 3 aromatic rings. The number of allylic oxidation sites excluding steroid dienone is 4. The molecule has 4 fully saturated rings. The van der Waals surface area contributed by atoms with Crippen LogP contribution in [0.2, 0.25) is 0 Å². The van der Waals surface area contributed by atoms with E-state index in [2.05, 4.69) is 42.8 Å². The van der Waals surface area contributed by atoms with Crippen LogP contribution in [0, 0.1) is 11.8 Å². The van der Waals surface area contributed by atoms with Crippen molar-refractivity contribution in [3.8, 4) is 17.2 Å². The van der Waals surface area contributed by atoms with Crippen molar-refractivity contribution >= 4 is 58.1 Å². The molecule has 60 heavy (non-hydrogen) atoms. The van der Waals surface area contributed by atoms with Gasteiger partial charge in [-0.3, -0.25) is 9.59 Å². The maximum atomic E-state index is 15.7. The summed E-state index contributed by atoms with van der Waals surface area (Å²) in [5, 5.41) is 3.74. The second kappa shape index (κ2) is 14.0. The van der Waals surface area contributed by atoms with Gasteiger partial charge in [-0.15, -0.1) is 11.6 Å². The summed E-state index contributed by atoms with van der Waals surface area (Å²) in [5.74, 6) is -0.700. The molecule has 314 valence electrons. The van der Waals surface area contributed by atoms with Crippen LogP contribution in [0.15, 0.2) is 70.9 Å². The summed E-state index contributed by atoms with van der Waals surface area (Å²) in [6.45, 7) is 16.0. The van der Waals surface area contributed by atoms with E-state index in [0.717, 1.165) is 34.2 Å². The van der Waals surface area contributed by atoms with E-state index in [4.69, 9.17) is 40.3 Å². The summed E-state index contributed by atoms with van der Waals surface area (Å²) >= 11 is 6.19. The highest BCUT2D eigenvalue weighted by molar-refractivity contribution is 6.26. The summed E-state index contributed by atoms with van der Waals surface area (Å²) in [6, 6.07) is 7.37. The molecular formula is C48H52ClN3O8. The van der Waals surface area contributed by atoms with Gasteiger partial charge in [0.15, 0.2) is 22.7 Å². The quantitative estimate of drug-likeness (QED) is 0.0694. The average Bonchev–Trinajstić information content (AvgIpc) is 3.64. The van der Waals surface area contributed by atoms with Crippen LogP contribution in [0.5, 0.6) is 17.2 Å². The highest BCUT2D eigenvalue weighted by Crippen LogP contribution is 2.74. The lowest BCUT2D eigenvalue weighted by molar-refractivity contribution is -0.181. The van der Waals surface area contributed by atoms with E-state index in [0.29, 0.717) is 59.1 Å². The molecule has 1 spiro atoms. The SMILES string of the molecule is COC(=O)/C(C)=C\CC12OC(C)(C)C3CC(C1=O)C1C4=C(Nc5nc6ccccc6n51)c1c(OC(=O)CCl)c5c(c(CC=C(C)C)c1OC432)OC(C)(CCC=C(C)C)C=C5. The fourth-order valence-corrected chi connectivity index (χ4v) is 10.9. The third kappa shape index (κ3) is 5.64. The van der Waals surface area contributed by atoms with Crippen LogP contribution >= 0.6 is 11.6 Å². The first kappa shape index (κ1) is 40.3. The summed E-state index contributed by atoms with van der Waals surface area (Å²) in [4.78, 5) is 47.1. The minimum absolute atomic E-state index is 0.0591. The lowest BCUT2D eigenvalue weighted by atomic mass is 9.47. The first-order valence-corrected chi connectivity index (χ1v) is 21.4. The maximum absolute atomic E-state index is 15.7. The molecule has 3 aliphatic carbocycles. The number of anilines is 1. The number of fused-ring (bicyclic) bond motifs is 6. The minimum atomic E-state index is -1.56. The Morgan fingerprint density at radius 1 is 1.03 bits per heavy atom. The molecule has 1 aromatic heterocycles. The Morgan fingerprint density at radius 3 is 2.50 bits per heavy atom. The number of alkyl halides is 1. The number of para-hydroxylation sites is 2. The minimum Gasteiger partial charge on any atom is -0.482 e. The molecule has 7 aliphatic rings. The monoisotopic (exact) mass is 833 g/mol. The van der Waals surface area contributed by atoms with Crippen molar-refractivity contribution in [1.82, 2.24) is 9.55 Å². The molecule has 0 amide bonds. The van der Waals surface area contributed by atoms with E-state index >= 15 is 4.79 Å². The van der Waals surface area contributed by atoms with Crippen LogP contribution in [-0.4, -0.2) is 62.7 Å². The second-order valence-corrected chi connectivity index (χ2v) is 18.5. The van der Waals surface area contributed by atoms with Crippen molar-refractivity contribution in [2.24, 2.45) is 11.8 Å². The van der Waals surface area contributed by atoms with E-state index in [1.54, 1.807) is 13.0 Å². The Morgan fingerprint density at radius 2 is 1.78 bits per heavy atom. The molecule has 1 N–H and O–H groups in total. The number of ketones is 1. The van der Waals surface area contributed by atoms with Crippen LogP contribution in [0.1, 0.15) is 104 Å². The third-order valence-corrected chi connectivity index (χ3v) is 13.6. The number of halogens is 1. The van der Waals surface area contributed by atoms with Crippen LogP contribution in [0.3, 0.4) is 0 Å². The second-order valence-electron chi connectivity index (χ2n) is 18.3. The zero-order valence-electron chi connectivity index (χ0n) is 35.7. The Labute approximate surface area is 355 Å². The summed E-state index contributed by atoms with van der Waals surface area (Å²) in [5.41, 5.74) is 3.14. The van der Waals surface area contributed by atoms with Gasteiger partial charge in [0, 0.05) is 35.0 Å². The van der Waals surface area contributed by atoms with Crippen LogP contribution in [0.4, 0.5) is 5.95 Å². The largest absolute Gasteiger partial charge is 0.482 e. The smallest absolute Gasteiger partial charge is 0.333 e. The molecule has 11 nitrogen and oxygen atoms in total. The number of esters is 2. The van der Waals surface area contributed by atoms with E-state index < -0.39 is 46.3 Å². The van der Waals surface area contributed by atoms with Gasteiger partial charge in [-0.1, -0.05) is 41.5 Å². The van der Waals surface area contributed by atoms with Gasteiger partial charge in [-0.05, 0) is 105 Å². The number of imidazole rings is 1. The maximum Gasteiger partial charge on any atom is 0.333 e. The van der Waals surface area contributed by atoms with Crippen molar-refractivity contribution in [3.05, 3.63) is 87.6 Å². The summed E-state index contributed by atoms with van der Waals surface area (Å²) in [7, 11) is 1.34. The number of benzene rings is 2. The summed E-state index contributed by atoms with van der Waals surface area (Å²) in [6.07, 6.45) is 12.5. The van der Waals surface area contributed by atoms with Crippen molar-refractivity contribution in [3.63, 3.8) is 0 Å². The van der Waals surface area contributed by atoms with Crippen LogP contribution in [0.25, 0.3) is 22.8 Å². The van der Waals surface area contributed by atoms with Gasteiger partial charge in [-0.2, -0.15) is 0 Å². The summed E-state index contributed by atoms with van der Waals surface area (Å²) < 4.78 is 35.7. The van der Waals surface area contributed by atoms with Crippen molar-refractivity contribution < 1.29 is 38.1 Å². The van der Waals surface area contributed by atoms with Gasteiger partial charge in [0.25, 0.3) is 0 Å². The lowest BCUT2D eigenvalue weighted by Gasteiger charge is -2.62. The number of ether oxygens (including phenoxy) is 5. The molecule has 5 heterocycles. The van der Waals surface area contributed by atoms with Gasteiger partial charge in [0.05, 0.1) is 46.6 Å². The third-order valence-electron chi connectivity index (χ3n) is 13.4. The number of carbonyl (C=O) groups excluding carboxylic acids is 3. The molecule has 1 saturated heterocycles. The predicted molar refractivity (Wildman–Crippen MR) is 230 cm³/mol. The van der Waals surface area contributed by atoms with Gasteiger partial charge in [0.2, 0.25) is 5.95 Å². The Bertz CT molecular complexity index is 2570. The number of hydrogen-bond donors (Lipinski definition) is 1. The average molecular weight is 834 g/mol. The molecule has 2 aromatic carbocycles. The Kier molecular flexibility index (Phi) is 9.37. The topological polar surface area (TPSA) is 127 Å². The van der Waals surface area contributed by atoms with Crippen molar-refractivity contribution in [2.45, 2.75) is 116 Å². The molecular weight excluding hydrogens is 782 g/mol. The number of nitrogens with zero attached hydrogens (tertiary/aromatic N) is 2. The van der Waals surface area contributed by atoms with E-state index in [9.17, 15) is 9.59 Å². The van der Waals surface area contributed by atoms with E-state index in [1.165, 1.54) is 12.7 Å². The molecule has 12 heteroatoms. The highest BCUT2D eigenvalue weighted by Gasteiger charge is 2.84. The highest BCUT2D eigenvalue weighted by atomic mass is 35.5. The lowest BCUT2D eigenvalue weighted by Crippen LogP contribution is -2.75. The van der Waals surface area contributed by atoms with Crippen LogP contribution in [-0.2, 0) is 30.3 Å².